The Morgan fingerprint density at radius 3 is 3.09 bits per heavy atom. The van der Waals surface area contributed by atoms with Crippen molar-refractivity contribution in [3.05, 3.63) is 0 Å². The highest BCUT2D eigenvalue weighted by Crippen LogP contribution is 2.41. The average Bonchev–Trinajstić information content (AvgIpc) is 2.33. The van der Waals surface area contributed by atoms with Crippen LogP contribution in [-0.4, -0.2) is 24.3 Å². The van der Waals surface area contributed by atoms with E-state index in [0.717, 1.165) is 24.3 Å². The summed E-state index contributed by atoms with van der Waals surface area (Å²) < 4.78 is 0. The zero-order chi connectivity index (χ0) is 7.68. The standard InChI is InChI=1S/C9H17NO/c11-5-1-2-7-6-8-3-4-10-9(7)8/h7-11H,1-6H2. The molecule has 1 saturated heterocycles. The molecule has 2 rings (SSSR count). The van der Waals surface area contributed by atoms with E-state index in [2.05, 4.69) is 5.32 Å². The molecule has 1 aliphatic carbocycles. The summed E-state index contributed by atoms with van der Waals surface area (Å²) in [6.45, 7) is 1.60. The Balaban J connectivity index is 1.73. The van der Waals surface area contributed by atoms with Crippen LogP contribution in [0.5, 0.6) is 0 Å². The highest BCUT2D eigenvalue weighted by Gasteiger charge is 2.42. The van der Waals surface area contributed by atoms with Crippen molar-refractivity contribution < 1.29 is 5.11 Å². The fourth-order valence-corrected chi connectivity index (χ4v) is 2.59. The SMILES string of the molecule is OCCCC1CC2CCNC12. The first-order chi connectivity index (χ1) is 5.42. The lowest BCUT2D eigenvalue weighted by molar-refractivity contribution is 0.134. The summed E-state index contributed by atoms with van der Waals surface area (Å²) >= 11 is 0. The van der Waals surface area contributed by atoms with Crippen LogP contribution < -0.4 is 5.32 Å². The third-order valence-corrected chi connectivity index (χ3v) is 3.25. The first-order valence-electron chi connectivity index (χ1n) is 4.76. The molecule has 2 nitrogen and oxygen atoms in total. The van der Waals surface area contributed by atoms with E-state index >= 15 is 0 Å². The minimum Gasteiger partial charge on any atom is -0.396 e. The first kappa shape index (κ1) is 7.56. The minimum absolute atomic E-state index is 0.369. The van der Waals surface area contributed by atoms with Gasteiger partial charge in [0, 0.05) is 12.6 Å². The third kappa shape index (κ3) is 1.30. The molecule has 3 atom stereocenters. The summed E-state index contributed by atoms with van der Waals surface area (Å²) in [6, 6.07) is 0.821. The molecule has 2 fully saturated rings. The second-order valence-corrected chi connectivity index (χ2v) is 3.89. The number of aliphatic hydroxyl groups is 1. The van der Waals surface area contributed by atoms with Crippen molar-refractivity contribution in [2.45, 2.75) is 31.7 Å². The van der Waals surface area contributed by atoms with Crippen molar-refractivity contribution in [2.24, 2.45) is 11.8 Å². The van der Waals surface area contributed by atoms with Crippen LogP contribution >= 0.6 is 0 Å². The average molecular weight is 155 g/mol. The van der Waals surface area contributed by atoms with Crippen LogP contribution in [-0.2, 0) is 0 Å². The Bertz CT molecular complexity index is 138. The Morgan fingerprint density at radius 1 is 1.45 bits per heavy atom. The molecule has 0 amide bonds. The number of aliphatic hydroxyl groups excluding tert-OH is 1. The maximum atomic E-state index is 8.65. The van der Waals surface area contributed by atoms with Crippen molar-refractivity contribution in [3.63, 3.8) is 0 Å². The van der Waals surface area contributed by atoms with Gasteiger partial charge in [0.2, 0.25) is 0 Å². The van der Waals surface area contributed by atoms with E-state index in [9.17, 15) is 0 Å². The molecule has 64 valence electrons. The molecule has 11 heavy (non-hydrogen) atoms. The molecule has 0 spiro atoms. The molecule has 0 aromatic carbocycles. The highest BCUT2D eigenvalue weighted by molar-refractivity contribution is 4.98. The topological polar surface area (TPSA) is 32.3 Å². The molecule has 1 saturated carbocycles. The lowest BCUT2D eigenvalue weighted by Gasteiger charge is -2.40. The summed E-state index contributed by atoms with van der Waals surface area (Å²) in [6.07, 6.45) is 5.03. The largest absolute Gasteiger partial charge is 0.396 e. The molecular formula is C9H17NO. The molecule has 2 aliphatic rings. The third-order valence-electron chi connectivity index (χ3n) is 3.25. The quantitative estimate of drug-likeness (QED) is 0.630. The fraction of sp³-hybridized carbons (Fsp3) is 1.00. The molecular weight excluding hydrogens is 138 g/mol. The monoisotopic (exact) mass is 155 g/mol. The van der Waals surface area contributed by atoms with Gasteiger partial charge in [0.05, 0.1) is 0 Å². The minimum atomic E-state index is 0.369. The second kappa shape index (κ2) is 3.11. The second-order valence-electron chi connectivity index (χ2n) is 3.89. The van der Waals surface area contributed by atoms with Gasteiger partial charge < -0.3 is 10.4 Å². The maximum Gasteiger partial charge on any atom is 0.0431 e. The summed E-state index contributed by atoms with van der Waals surface area (Å²) in [5.41, 5.74) is 0. The summed E-state index contributed by atoms with van der Waals surface area (Å²) in [7, 11) is 0. The van der Waals surface area contributed by atoms with Crippen LogP contribution in [0.25, 0.3) is 0 Å². The number of hydrogen-bond acceptors (Lipinski definition) is 2. The Kier molecular flexibility index (Phi) is 2.14. The molecule has 3 unspecified atom stereocenters. The lowest BCUT2D eigenvalue weighted by Crippen LogP contribution is -2.45. The predicted octanol–water partition coefficient (Wildman–Crippen LogP) is 0.757. The van der Waals surface area contributed by atoms with E-state index in [4.69, 9.17) is 5.11 Å². The van der Waals surface area contributed by atoms with Gasteiger partial charge in [-0.3, -0.25) is 0 Å². The molecule has 2 heteroatoms. The van der Waals surface area contributed by atoms with Gasteiger partial charge in [-0.05, 0) is 44.1 Å². The molecule has 0 aromatic rings. The van der Waals surface area contributed by atoms with Crippen LogP contribution in [0.15, 0.2) is 0 Å². The van der Waals surface area contributed by atoms with Gasteiger partial charge in [0.15, 0.2) is 0 Å². The molecule has 0 bridgehead atoms. The van der Waals surface area contributed by atoms with Gasteiger partial charge >= 0.3 is 0 Å². The predicted molar refractivity (Wildman–Crippen MR) is 44.3 cm³/mol. The van der Waals surface area contributed by atoms with E-state index in [1.807, 2.05) is 0 Å². The van der Waals surface area contributed by atoms with Crippen LogP contribution in [0.2, 0.25) is 0 Å². The number of rotatable bonds is 3. The summed E-state index contributed by atoms with van der Waals surface area (Å²) in [5.74, 6) is 1.87. The van der Waals surface area contributed by atoms with Gasteiger partial charge in [-0.15, -0.1) is 0 Å². The van der Waals surface area contributed by atoms with Crippen molar-refractivity contribution in [1.82, 2.24) is 5.32 Å². The van der Waals surface area contributed by atoms with E-state index in [0.29, 0.717) is 6.61 Å². The first-order valence-corrected chi connectivity index (χ1v) is 4.76. The normalized spacial score (nSPS) is 41.7. The fourth-order valence-electron chi connectivity index (χ4n) is 2.59. The molecule has 1 heterocycles. The van der Waals surface area contributed by atoms with E-state index in [1.165, 1.54) is 25.8 Å². The van der Waals surface area contributed by atoms with E-state index in [-0.39, 0.29) is 0 Å². The maximum absolute atomic E-state index is 8.65. The van der Waals surface area contributed by atoms with Crippen LogP contribution in [0.4, 0.5) is 0 Å². The van der Waals surface area contributed by atoms with Crippen LogP contribution in [0, 0.1) is 11.8 Å². The van der Waals surface area contributed by atoms with Gasteiger partial charge in [0.1, 0.15) is 0 Å². The molecule has 1 aliphatic heterocycles. The Hall–Kier alpha value is -0.0800. The smallest absolute Gasteiger partial charge is 0.0431 e. The van der Waals surface area contributed by atoms with Crippen LogP contribution in [0.3, 0.4) is 0 Å². The summed E-state index contributed by atoms with van der Waals surface area (Å²) in [4.78, 5) is 0. The number of nitrogens with one attached hydrogen (secondary N) is 1. The molecule has 0 aromatic heterocycles. The van der Waals surface area contributed by atoms with Gasteiger partial charge in [-0.2, -0.15) is 0 Å². The van der Waals surface area contributed by atoms with Crippen molar-refractivity contribution >= 4 is 0 Å². The highest BCUT2D eigenvalue weighted by atomic mass is 16.2. The number of hydrogen-bond donors (Lipinski definition) is 2. The van der Waals surface area contributed by atoms with Crippen molar-refractivity contribution in [2.75, 3.05) is 13.2 Å². The zero-order valence-electron chi connectivity index (χ0n) is 6.92. The number of fused-ring (bicyclic) bond motifs is 1. The van der Waals surface area contributed by atoms with E-state index in [1.54, 1.807) is 0 Å². The summed E-state index contributed by atoms with van der Waals surface area (Å²) in [5, 5.41) is 12.2. The van der Waals surface area contributed by atoms with E-state index < -0.39 is 0 Å². The van der Waals surface area contributed by atoms with Crippen molar-refractivity contribution in [3.8, 4) is 0 Å². The Morgan fingerprint density at radius 2 is 2.36 bits per heavy atom. The van der Waals surface area contributed by atoms with Gasteiger partial charge in [-0.25, -0.2) is 0 Å². The van der Waals surface area contributed by atoms with Crippen molar-refractivity contribution in [1.29, 1.82) is 0 Å². The van der Waals surface area contributed by atoms with Gasteiger partial charge in [0.25, 0.3) is 0 Å². The molecule has 0 radical (unpaired) electrons. The molecule has 2 N–H and O–H groups in total. The van der Waals surface area contributed by atoms with Crippen LogP contribution in [0.1, 0.15) is 25.7 Å². The zero-order valence-corrected chi connectivity index (χ0v) is 6.92. The Labute approximate surface area is 68.0 Å². The van der Waals surface area contributed by atoms with Gasteiger partial charge in [-0.1, -0.05) is 0 Å². The lowest BCUT2D eigenvalue weighted by atomic mass is 9.69.